The van der Waals surface area contributed by atoms with Crippen molar-refractivity contribution in [1.29, 1.82) is 0 Å². The lowest BCUT2D eigenvalue weighted by Crippen LogP contribution is -2.48. The van der Waals surface area contributed by atoms with Crippen molar-refractivity contribution in [3.63, 3.8) is 0 Å². The number of amides is 1. The Hall–Kier alpha value is -0.810. The fourth-order valence-electron chi connectivity index (χ4n) is 4.09. The van der Waals surface area contributed by atoms with E-state index in [0.29, 0.717) is 5.92 Å². The van der Waals surface area contributed by atoms with Crippen LogP contribution in [0, 0.1) is 5.92 Å². The Labute approximate surface area is 140 Å². The van der Waals surface area contributed by atoms with Crippen LogP contribution in [0.1, 0.15) is 51.9 Å². The second kappa shape index (κ2) is 7.84. The molecule has 23 heavy (non-hydrogen) atoms. The molecule has 3 rings (SSSR count). The van der Waals surface area contributed by atoms with Gasteiger partial charge in [-0.1, -0.05) is 26.2 Å². The van der Waals surface area contributed by atoms with Gasteiger partial charge in [-0.25, -0.2) is 4.79 Å². The van der Waals surface area contributed by atoms with Crippen molar-refractivity contribution < 1.29 is 14.3 Å². The van der Waals surface area contributed by atoms with Crippen molar-refractivity contribution in [1.82, 2.24) is 9.80 Å². The first kappa shape index (κ1) is 17.0. The largest absolute Gasteiger partial charge is 0.441 e. The molecule has 0 bridgehead atoms. The van der Waals surface area contributed by atoms with Gasteiger partial charge in [0.15, 0.2) is 0 Å². The summed E-state index contributed by atoms with van der Waals surface area (Å²) < 4.78 is 11.3. The summed E-state index contributed by atoms with van der Waals surface area (Å²) in [7, 11) is 0. The van der Waals surface area contributed by atoms with Crippen molar-refractivity contribution >= 4 is 6.09 Å². The minimum Gasteiger partial charge on any atom is -0.441 e. The third kappa shape index (κ3) is 4.38. The Balaban J connectivity index is 1.41. The highest BCUT2D eigenvalue weighted by molar-refractivity contribution is 5.70. The molecule has 3 saturated heterocycles. The summed E-state index contributed by atoms with van der Waals surface area (Å²) >= 11 is 0. The van der Waals surface area contributed by atoms with E-state index in [4.69, 9.17) is 9.47 Å². The SMILES string of the molecule is CCCCCCN1CC2(CCN(C[C@H]3CCOC3)CC2)OC1=O. The van der Waals surface area contributed by atoms with E-state index in [1.54, 1.807) is 0 Å². The maximum absolute atomic E-state index is 12.1. The predicted molar refractivity (Wildman–Crippen MR) is 89.5 cm³/mol. The first-order chi connectivity index (χ1) is 11.2. The molecule has 3 fully saturated rings. The molecule has 132 valence electrons. The van der Waals surface area contributed by atoms with E-state index in [0.717, 1.165) is 65.2 Å². The molecule has 0 aromatic carbocycles. The highest BCUT2D eigenvalue weighted by atomic mass is 16.6. The summed E-state index contributed by atoms with van der Waals surface area (Å²) in [4.78, 5) is 16.6. The Morgan fingerprint density at radius 3 is 2.74 bits per heavy atom. The summed E-state index contributed by atoms with van der Waals surface area (Å²) in [5.74, 6) is 0.699. The molecule has 3 aliphatic rings. The number of carbonyl (C=O) groups excluding carboxylic acids is 1. The normalized spacial score (nSPS) is 27.8. The molecule has 0 aromatic heterocycles. The number of likely N-dealkylation sites (tertiary alicyclic amines) is 1. The number of hydrogen-bond donors (Lipinski definition) is 0. The summed E-state index contributed by atoms with van der Waals surface area (Å²) in [6.45, 7) is 8.97. The summed E-state index contributed by atoms with van der Waals surface area (Å²) in [6.07, 6.45) is 7.89. The molecule has 1 spiro atoms. The molecule has 5 heteroatoms. The molecule has 0 N–H and O–H groups in total. The topological polar surface area (TPSA) is 42.0 Å². The molecule has 5 nitrogen and oxygen atoms in total. The average Bonchev–Trinajstić information content (AvgIpc) is 3.15. The lowest BCUT2D eigenvalue weighted by molar-refractivity contribution is -0.00292. The van der Waals surface area contributed by atoms with Gasteiger partial charge in [0.1, 0.15) is 5.60 Å². The number of carbonyl (C=O) groups is 1. The van der Waals surface area contributed by atoms with Gasteiger partial charge >= 0.3 is 6.09 Å². The van der Waals surface area contributed by atoms with Crippen LogP contribution in [0.25, 0.3) is 0 Å². The zero-order valence-corrected chi connectivity index (χ0v) is 14.6. The number of ether oxygens (including phenoxy) is 2. The molecule has 3 heterocycles. The highest BCUT2D eigenvalue weighted by Gasteiger charge is 2.46. The van der Waals surface area contributed by atoms with Crippen LogP contribution in [-0.4, -0.2) is 67.4 Å². The van der Waals surface area contributed by atoms with Gasteiger partial charge in [0.25, 0.3) is 0 Å². The molecular formula is C18H32N2O3. The van der Waals surface area contributed by atoms with E-state index < -0.39 is 0 Å². The zero-order valence-electron chi connectivity index (χ0n) is 14.6. The first-order valence-electron chi connectivity index (χ1n) is 9.49. The number of hydrogen-bond acceptors (Lipinski definition) is 4. The molecule has 0 aromatic rings. The number of unbranched alkanes of at least 4 members (excludes halogenated alkanes) is 3. The van der Waals surface area contributed by atoms with Crippen LogP contribution in [0.5, 0.6) is 0 Å². The summed E-state index contributed by atoms with van der Waals surface area (Å²) in [5.41, 5.74) is -0.204. The lowest BCUT2D eigenvalue weighted by Gasteiger charge is -2.38. The van der Waals surface area contributed by atoms with E-state index in [-0.39, 0.29) is 11.7 Å². The zero-order chi connectivity index (χ0) is 16.1. The van der Waals surface area contributed by atoms with Gasteiger partial charge in [-0.3, -0.25) is 0 Å². The van der Waals surface area contributed by atoms with Crippen molar-refractivity contribution in [2.24, 2.45) is 5.92 Å². The minimum absolute atomic E-state index is 0.0841. The quantitative estimate of drug-likeness (QED) is 0.675. The molecule has 0 saturated carbocycles. The molecule has 1 atom stereocenters. The minimum atomic E-state index is -0.204. The van der Waals surface area contributed by atoms with E-state index in [9.17, 15) is 4.79 Å². The fraction of sp³-hybridized carbons (Fsp3) is 0.944. The van der Waals surface area contributed by atoms with Gasteiger partial charge in [0.05, 0.1) is 13.2 Å². The van der Waals surface area contributed by atoms with Crippen molar-refractivity contribution in [2.75, 3.05) is 45.9 Å². The Bertz CT molecular complexity index is 388. The third-order valence-corrected chi connectivity index (χ3v) is 5.63. The third-order valence-electron chi connectivity index (χ3n) is 5.63. The van der Waals surface area contributed by atoms with Crippen LogP contribution in [-0.2, 0) is 9.47 Å². The monoisotopic (exact) mass is 324 g/mol. The van der Waals surface area contributed by atoms with Crippen molar-refractivity contribution in [2.45, 2.75) is 57.5 Å². The number of nitrogens with zero attached hydrogens (tertiary/aromatic N) is 2. The van der Waals surface area contributed by atoms with Gasteiger partial charge in [0.2, 0.25) is 0 Å². The Morgan fingerprint density at radius 1 is 1.22 bits per heavy atom. The summed E-state index contributed by atoms with van der Waals surface area (Å²) in [5, 5.41) is 0. The van der Waals surface area contributed by atoms with Crippen molar-refractivity contribution in [3.8, 4) is 0 Å². The maximum atomic E-state index is 12.1. The fourth-order valence-corrected chi connectivity index (χ4v) is 4.09. The van der Waals surface area contributed by atoms with E-state index in [2.05, 4.69) is 11.8 Å². The summed E-state index contributed by atoms with van der Waals surface area (Å²) in [6, 6.07) is 0. The van der Waals surface area contributed by atoms with Gasteiger partial charge in [-0.05, 0) is 18.8 Å². The molecule has 1 amide bonds. The molecular weight excluding hydrogens is 292 g/mol. The van der Waals surface area contributed by atoms with E-state index in [1.165, 1.54) is 25.7 Å². The van der Waals surface area contributed by atoms with Crippen LogP contribution >= 0.6 is 0 Å². The van der Waals surface area contributed by atoms with Crippen LogP contribution in [0.3, 0.4) is 0 Å². The van der Waals surface area contributed by atoms with E-state index in [1.807, 2.05) is 4.90 Å². The van der Waals surface area contributed by atoms with Gasteiger partial charge < -0.3 is 19.3 Å². The number of rotatable bonds is 7. The number of piperidine rings is 1. The van der Waals surface area contributed by atoms with Gasteiger partial charge in [-0.2, -0.15) is 0 Å². The molecule has 3 aliphatic heterocycles. The predicted octanol–water partition coefficient (Wildman–Crippen LogP) is 2.89. The first-order valence-corrected chi connectivity index (χ1v) is 9.49. The smallest absolute Gasteiger partial charge is 0.410 e. The Morgan fingerprint density at radius 2 is 2.04 bits per heavy atom. The second-order valence-corrected chi connectivity index (χ2v) is 7.56. The van der Waals surface area contributed by atoms with E-state index >= 15 is 0 Å². The molecule has 0 radical (unpaired) electrons. The van der Waals surface area contributed by atoms with Crippen LogP contribution in [0.2, 0.25) is 0 Å². The second-order valence-electron chi connectivity index (χ2n) is 7.56. The highest BCUT2D eigenvalue weighted by Crippen LogP contribution is 2.34. The van der Waals surface area contributed by atoms with Gasteiger partial charge in [-0.15, -0.1) is 0 Å². The van der Waals surface area contributed by atoms with Crippen LogP contribution in [0.15, 0.2) is 0 Å². The lowest BCUT2D eigenvalue weighted by atomic mass is 9.90. The molecule has 0 unspecified atom stereocenters. The van der Waals surface area contributed by atoms with Gasteiger partial charge in [0, 0.05) is 45.6 Å². The average molecular weight is 324 g/mol. The Kier molecular flexibility index (Phi) is 5.81. The van der Waals surface area contributed by atoms with Crippen LogP contribution < -0.4 is 0 Å². The molecule has 0 aliphatic carbocycles. The standard InChI is InChI=1S/C18H32N2O3/c1-2-3-4-5-9-20-15-18(23-17(20)21)7-10-19(11-8-18)13-16-6-12-22-14-16/h16H,2-15H2,1H3/t16-/m1/s1. The van der Waals surface area contributed by atoms with Crippen LogP contribution in [0.4, 0.5) is 4.79 Å². The maximum Gasteiger partial charge on any atom is 0.410 e. The van der Waals surface area contributed by atoms with Crippen molar-refractivity contribution in [3.05, 3.63) is 0 Å².